The highest BCUT2D eigenvalue weighted by atomic mass is 32.2. The molecule has 0 unspecified atom stereocenters. The van der Waals surface area contributed by atoms with E-state index in [-0.39, 0.29) is 11.1 Å². The van der Waals surface area contributed by atoms with Crippen molar-refractivity contribution in [3.63, 3.8) is 0 Å². The number of carbonyl (C=O) groups excluding carboxylic acids is 1. The van der Waals surface area contributed by atoms with Crippen LogP contribution in [0.15, 0.2) is 40.9 Å². The van der Waals surface area contributed by atoms with E-state index in [1.165, 1.54) is 12.3 Å². The number of ether oxygens (including phenoxy) is 1. The third kappa shape index (κ3) is 4.36. The highest BCUT2D eigenvalue weighted by molar-refractivity contribution is 7.94. The standard InChI is InChI=1S/C11H13NO4S/c1-9(2)16-11(13)6-8-17(14,15)10-5-3-4-7-12-10/h3-9H,1-2H3. The first-order valence-corrected chi connectivity index (χ1v) is 6.51. The van der Waals surface area contributed by atoms with Gasteiger partial charge in [-0.25, -0.2) is 18.2 Å². The molecule has 0 aromatic carbocycles. The highest BCUT2D eigenvalue weighted by Crippen LogP contribution is 2.07. The van der Waals surface area contributed by atoms with Gasteiger partial charge in [0.15, 0.2) is 5.03 Å². The lowest BCUT2D eigenvalue weighted by molar-refractivity contribution is -0.141. The zero-order valence-corrected chi connectivity index (χ0v) is 10.3. The molecule has 0 aliphatic carbocycles. The Labute approximate surface area is 100 Å². The SMILES string of the molecule is CC(C)OC(=O)C=CS(=O)(=O)c1ccccn1. The highest BCUT2D eigenvalue weighted by Gasteiger charge is 2.12. The summed E-state index contributed by atoms with van der Waals surface area (Å²) in [5.41, 5.74) is 0. The molecule has 6 heteroatoms. The fourth-order valence-electron chi connectivity index (χ4n) is 1.00. The van der Waals surface area contributed by atoms with Crippen LogP contribution in [0.5, 0.6) is 0 Å². The Morgan fingerprint density at radius 3 is 2.65 bits per heavy atom. The summed E-state index contributed by atoms with van der Waals surface area (Å²) >= 11 is 0. The first-order valence-electron chi connectivity index (χ1n) is 4.96. The van der Waals surface area contributed by atoms with Gasteiger partial charge in [0.2, 0.25) is 9.84 Å². The van der Waals surface area contributed by atoms with Crippen molar-refractivity contribution in [1.29, 1.82) is 0 Å². The van der Waals surface area contributed by atoms with Crippen molar-refractivity contribution < 1.29 is 17.9 Å². The lowest BCUT2D eigenvalue weighted by Crippen LogP contribution is -2.09. The molecule has 1 aromatic heterocycles. The van der Waals surface area contributed by atoms with Crippen LogP contribution in [0.25, 0.3) is 0 Å². The first-order chi connectivity index (χ1) is 7.92. The van der Waals surface area contributed by atoms with Gasteiger partial charge in [0.1, 0.15) is 0 Å². The van der Waals surface area contributed by atoms with Gasteiger partial charge in [0.25, 0.3) is 0 Å². The molecule has 1 rings (SSSR count). The van der Waals surface area contributed by atoms with Gasteiger partial charge in [-0.05, 0) is 26.0 Å². The predicted molar refractivity (Wildman–Crippen MR) is 61.8 cm³/mol. The van der Waals surface area contributed by atoms with E-state index in [9.17, 15) is 13.2 Å². The molecule has 17 heavy (non-hydrogen) atoms. The van der Waals surface area contributed by atoms with E-state index in [2.05, 4.69) is 4.98 Å². The zero-order valence-electron chi connectivity index (χ0n) is 9.53. The van der Waals surface area contributed by atoms with Crippen LogP contribution in [0.1, 0.15) is 13.8 Å². The summed E-state index contributed by atoms with van der Waals surface area (Å²) in [6.45, 7) is 3.36. The third-order valence-electron chi connectivity index (χ3n) is 1.66. The third-order valence-corrected chi connectivity index (χ3v) is 2.98. The zero-order chi connectivity index (χ0) is 12.9. The Bertz CT molecular complexity index is 506. The van der Waals surface area contributed by atoms with Crippen molar-refractivity contribution >= 4 is 15.8 Å². The summed E-state index contributed by atoms with van der Waals surface area (Å²) in [4.78, 5) is 14.8. The molecule has 0 atom stereocenters. The molecule has 0 radical (unpaired) electrons. The van der Waals surface area contributed by atoms with Crippen molar-refractivity contribution in [2.75, 3.05) is 0 Å². The molecule has 5 nitrogen and oxygen atoms in total. The normalized spacial score (nSPS) is 11.9. The Hall–Kier alpha value is -1.69. The van der Waals surface area contributed by atoms with Crippen LogP contribution in [0, 0.1) is 0 Å². The largest absolute Gasteiger partial charge is 0.460 e. The Balaban J connectivity index is 2.81. The summed E-state index contributed by atoms with van der Waals surface area (Å²) < 4.78 is 28.1. The molecule has 0 amide bonds. The molecule has 1 heterocycles. The van der Waals surface area contributed by atoms with Crippen molar-refractivity contribution in [3.8, 4) is 0 Å². The summed E-state index contributed by atoms with van der Waals surface area (Å²) in [6.07, 6.45) is 1.96. The maximum absolute atomic E-state index is 11.7. The molecule has 0 spiro atoms. The minimum atomic E-state index is -3.68. The second-order valence-electron chi connectivity index (χ2n) is 3.50. The number of esters is 1. The van der Waals surface area contributed by atoms with E-state index in [0.29, 0.717) is 0 Å². The summed E-state index contributed by atoms with van der Waals surface area (Å²) in [6, 6.07) is 4.52. The quantitative estimate of drug-likeness (QED) is 0.599. The molecule has 0 aliphatic heterocycles. The van der Waals surface area contributed by atoms with Crippen LogP contribution in [-0.4, -0.2) is 25.5 Å². The van der Waals surface area contributed by atoms with E-state index in [1.807, 2.05) is 0 Å². The van der Waals surface area contributed by atoms with Crippen LogP contribution >= 0.6 is 0 Å². The Morgan fingerprint density at radius 1 is 1.41 bits per heavy atom. The number of pyridine rings is 1. The van der Waals surface area contributed by atoms with E-state index >= 15 is 0 Å². The summed E-state index contributed by atoms with van der Waals surface area (Å²) in [7, 11) is -3.68. The van der Waals surface area contributed by atoms with Crippen LogP contribution < -0.4 is 0 Å². The van der Waals surface area contributed by atoms with E-state index in [4.69, 9.17) is 4.74 Å². The number of hydrogen-bond donors (Lipinski definition) is 0. The minimum Gasteiger partial charge on any atom is -0.460 e. The van der Waals surface area contributed by atoms with E-state index in [1.54, 1.807) is 26.0 Å². The second kappa shape index (κ2) is 5.58. The van der Waals surface area contributed by atoms with Gasteiger partial charge in [-0.1, -0.05) is 6.07 Å². The number of rotatable bonds is 4. The fourth-order valence-corrected chi connectivity index (χ4v) is 1.91. The lowest BCUT2D eigenvalue weighted by atomic mass is 10.5. The van der Waals surface area contributed by atoms with Crippen LogP contribution in [0.4, 0.5) is 0 Å². The van der Waals surface area contributed by atoms with Gasteiger partial charge in [0, 0.05) is 17.7 Å². The van der Waals surface area contributed by atoms with Gasteiger partial charge in [0.05, 0.1) is 6.10 Å². The second-order valence-corrected chi connectivity index (χ2v) is 5.28. The number of nitrogens with zero attached hydrogens (tertiary/aromatic N) is 1. The average molecular weight is 255 g/mol. The van der Waals surface area contributed by atoms with Gasteiger partial charge < -0.3 is 4.74 Å². The molecule has 0 fully saturated rings. The molecule has 0 N–H and O–H groups in total. The first kappa shape index (κ1) is 13.4. The van der Waals surface area contributed by atoms with Gasteiger partial charge in [-0.15, -0.1) is 0 Å². The Kier molecular flexibility index (Phi) is 4.39. The number of sulfone groups is 1. The number of hydrogen-bond acceptors (Lipinski definition) is 5. The van der Waals surface area contributed by atoms with Crippen molar-refractivity contribution in [2.45, 2.75) is 25.0 Å². The molecule has 0 saturated carbocycles. The smallest absolute Gasteiger partial charge is 0.331 e. The van der Waals surface area contributed by atoms with Crippen LogP contribution in [0.3, 0.4) is 0 Å². The molecule has 1 aromatic rings. The van der Waals surface area contributed by atoms with E-state index in [0.717, 1.165) is 11.5 Å². The van der Waals surface area contributed by atoms with Gasteiger partial charge in [-0.2, -0.15) is 0 Å². The monoisotopic (exact) mass is 255 g/mol. The molecule has 0 saturated heterocycles. The maximum Gasteiger partial charge on any atom is 0.331 e. The molecular formula is C11H13NO4S. The Morgan fingerprint density at radius 2 is 2.12 bits per heavy atom. The lowest BCUT2D eigenvalue weighted by Gasteiger charge is -2.03. The number of aromatic nitrogens is 1. The summed E-state index contributed by atoms with van der Waals surface area (Å²) in [5, 5.41) is 0.689. The molecular weight excluding hydrogens is 242 g/mol. The molecule has 0 aliphatic rings. The molecule has 92 valence electrons. The minimum absolute atomic E-state index is 0.103. The van der Waals surface area contributed by atoms with Crippen LogP contribution in [-0.2, 0) is 19.4 Å². The van der Waals surface area contributed by atoms with Gasteiger partial charge in [-0.3, -0.25) is 0 Å². The summed E-state index contributed by atoms with van der Waals surface area (Å²) in [5.74, 6) is -0.695. The fraction of sp³-hybridized carbons (Fsp3) is 0.273. The van der Waals surface area contributed by atoms with E-state index < -0.39 is 15.8 Å². The predicted octanol–water partition coefficient (Wildman–Crippen LogP) is 1.32. The molecule has 0 bridgehead atoms. The van der Waals surface area contributed by atoms with Crippen molar-refractivity contribution in [2.24, 2.45) is 0 Å². The maximum atomic E-state index is 11.7. The average Bonchev–Trinajstić information content (AvgIpc) is 2.27. The van der Waals surface area contributed by atoms with Crippen LogP contribution in [0.2, 0.25) is 0 Å². The van der Waals surface area contributed by atoms with Crippen molar-refractivity contribution in [1.82, 2.24) is 4.98 Å². The van der Waals surface area contributed by atoms with Gasteiger partial charge >= 0.3 is 5.97 Å². The number of carbonyl (C=O) groups is 1. The van der Waals surface area contributed by atoms with Crippen molar-refractivity contribution in [3.05, 3.63) is 35.9 Å². The topological polar surface area (TPSA) is 73.3 Å².